The SMILES string of the molecule is Cc1c(C(=O)N2CC(c3cccc(F)n3)C2)cnn1-c1nn2cccc2c(=O)[nH]1. The van der Waals surface area contributed by atoms with E-state index in [0.717, 1.165) is 0 Å². The van der Waals surface area contributed by atoms with Crippen molar-refractivity contribution in [2.75, 3.05) is 13.1 Å². The molecule has 4 aromatic heterocycles. The van der Waals surface area contributed by atoms with E-state index in [2.05, 4.69) is 20.2 Å². The molecule has 1 amide bonds. The van der Waals surface area contributed by atoms with Gasteiger partial charge in [-0.2, -0.15) is 9.49 Å². The van der Waals surface area contributed by atoms with Gasteiger partial charge in [0.05, 0.1) is 23.1 Å². The lowest BCUT2D eigenvalue weighted by Gasteiger charge is -2.38. The molecular formula is C19H16FN7O2. The fourth-order valence-electron chi connectivity index (χ4n) is 3.51. The molecule has 29 heavy (non-hydrogen) atoms. The van der Waals surface area contributed by atoms with Crippen LogP contribution in [0.25, 0.3) is 11.5 Å². The second-order valence-corrected chi connectivity index (χ2v) is 6.96. The van der Waals surface area contributed by atoms with E-state index >= 15 is 0 Å². The quantitative estimate of drug-likeness (QED) is 0.529. The Morgan fingerprint density at radius 1 is 1.24 bits per heavy atom. The van der Waals surface area contributed by atoms with E-state index in [1.165, 1.54) is 21.5 Å². The molecular weight excluding hydrogens is 377 g/mol. The summed E-state index contributed by atoms with van der Waals surface area (Å²) in [5.74, 6) is -0.462. The highest BCUT2D eigenvalue weighted by molar-refractivity contribution is 5.95. The monoisotopic (exact) mass is 393 g/mol. The fraction of sp³-hybridized carbons (Fsp3) is 0.211. The van der Waals surface area contributed by atoms with Gasteiger partial charge in [0.25, 0.3) is 11.5 Å². The minimum absolute atomic E-state index is 0.0131. The summed E-state index contributed by atoms with van der Waals surface area (Å²) in [5, 5.41) is 8.56. The summed E-state index contributed by atoms with van der Waals surface area (Å²) in [7, 11) is 0. The number of halogens is 1. The lowest BCUT2D eigenvalue weighted by molar-refractivity contribution is 0.0597. The minimum Gasteiger partial charge on any atom is -0.337 e. The second kappa shape index (κ2) is 6.36. The molecule has 0 atom stereocenters. The van der Waals surface area contributed by atoms with Crippen molar-refractivity contribution >= 4 is 11.4 Å². The molecule has 1 aliphatic rings. The topological polar surface area (TPSA) is 101 Å². The molecule has 146 valence electrons. The summed E-state index contributed by atoms with van der Waals surface area (Å²) in [6.45, 7) is 2.67. The Morgan fingerprint density at radius 3 is 2.86 bits per heavy atom. The number of nitrogens with one attached hydrogen (secondary N) is 1. The highest BCUT2D eigenvalue weighted by Crippen LogP contribution is 2.28. The van der Waals surface area contributed by atoms with E-state index in [1.54, 1.807) is 42.3 Å². The van der Waals surface area contributed by atoms with Crippen LogP contribution in [0.1, 0.15) is 27.7 Å². The molecule has 10 heteroatoms. The summed E-state index contributed by atoms with van der Waals surface area (Å²) in [6, 6.07) is 8.06. The maximum absolute atomic E-state index is 13.3. The Labute approximate surface area is 163 Å². The van der Waals surface area contributed by atoms with Gasteiger partial charge in [-0.1, -0.05) is 6.07 Å². The first kappa shape index (κ1) is 17.3. The number of carbonyl (C=O) groups excluding carboxylic acids is 1. The van der Waals surface area contributed by atoms with Gasteiger partial charge in [0, 0.05) is 25.2 Å². The van der Waals surface area contributed by atoms with Gasteiger partial charge in [-0.15, -0.1) is 5.10 Å². The Bertz CT molecular complexity index is 1300. The van der Waals surface area contributed by atoms with Gasteiger partial charge < -0.3 is 4.90 Å². The van der Waals surface area contributed by atoms with Crippen molar-refractivity contribution < 1.29 is 9.18 Å². The van der Waals surface area contributed by atoms with Crippen molar-refractivity contribution in [1.82, 2.24) is 34.3 Å². The molecule has 0 aliphatic carbocycles. The van der Waals surface area contributed by atoms with Crippen LogP contribution in [-0.2, 0) is 0 Å². The molecule has 0 unspecified atom stereocenters. The molecule has 1 N–H and O–H groups in total. The molecule has 1 fully saturated rings. The van der Waals surface area contributed by atoms with Crippen LogP contribution < -0.4 is 5.56 Å². The molecule has 0 spiro atoms. The zero-order valence-electron chi connectivity index (χ0n) is 15.4. The summed E-state index contributed by atoms with van der Waals surface area (Å²) >= 11 is 0. The third kappa shape index (κ3) is 2.80. The predicted octanol–water partition coefficient (Wildman–Crippen LogP) is 1.29. The Kier molecular flexibility index (Phi) is 3.79. The third-order valence-electron chi connectivity index (χ3n) is 5.15. The summed E-state index contributed by atoms with van der Waals surface area (Å²) < 4.78 is 16.2. The number of likely N-dealkylation sites (tertiary alicyclic amines) is 1. The first-order chi connectivity index (χ1) is 14.0. The standard InChI is InChI=1S/C19H16FN7O2/c1-11-13(18(29)25-9-12(10-25)14-4-2-6-16(20)22-14)8-21-27(11)19-23-17(28)15-5-3-7-26(15)24-19/h2-8,12H,9-10H2,1H3,(H,23,24,28). The van der Waals surface area contributed by atoms with Crippen molar-refractivity contribution in [3.63, 3.8) is 0 Å². The van der Waals surface area contributed by atoms with Crippen LogP contribution in [0, 0.1) is 12.9 Å². The smallest absolute Gasteiger partial charge is 0.276 e. The molecule has 1 aliphatic heterocycles. The minimum atomic E-state index is -0.523. The van der Waals surface area contributed by atoms with E-state index in [1.807, 2.05) is 0 Å². The van der Waals surface area contributed by atoms with Crippen molar-refractivity contribution in [2.45, 2.75) is 12.8 Å². The number of rotatable bonds is 3. The van der Waals surface area contributed by atoms with Crippen LogP contribution >= 0.6 is 0 Å². The van der Waals surface area contributed by atoms with Gasteiger partial charge >= 0.3 is 0 Å². The predicted molar refractivity (Wildman–Crippen MR) is 101 cm³/mol. The molecule has 4 aromatic rings. The van der Waals surface area contributed by atoms with Crippen LogP contribution in [-0.4, -0.2) is 53.3 Å². The van der Waals surface area contributed by atoms with Gasteiger partial charge in [-0.05, 0) is 31.2 Å². The maximum Gasteiger partial charge on any atom is 0.276 e. The van der Waals surface area contributed by atoms with E-state index in [-0.39, 0.29) is 23.3 Å². The van der Waals surface area contributed by atoms with Gasteiger partial charge in [-0.3, -0.25) is 14.6 Å². The Balaban J connectivity index is 1.38. The van der Waals surface area contributed by atoms with E-state index in [0.29, 0.717) is 35.6 Å². The van der Waals surface area contributed by atoms with Crippen LogP contribution in [0.4, 0.5) is 4.39 Å². The maximum atomic E-state index is 13.3. The first-order valence-corrected chi connectivity index (χ1v) is 9.05. The number of nitrogens with zero attached hydrogens (tertiary/aromatic N) is 6. The Morgan fingerprint density at radius 2 is 2.07 bits per heavy atom. The molecule has 1 saturated heterocycles. The lowest BCUT2D eigenvalue weighted by Crippen LogP contribution is -2.48. The van der Waals surface area contributed by atoms with Gasteiger partial charge in [0.1, 0.15) is 5.52 Å². The number of fused-ring (bicyclic) bond motifs is 1. The molecule has 5 heterocycles. The van der Waals surface area contributed by atoms with Crippen LogP contribution in [0.3, 0.4) is 0 Å². The largest absolute Gasteiger partial charge is 0.337 e. The molecule has 0 radical (unpaired) electrons. The van der Waals surface area contributed by atoms with Crippen LogP contribution in [0.2, 0.25) is 0 Å². The summed E-state index contributed by atoms with van der Waals surface area (Å²) in [5.41, 5.74) is 1.76. The van der Waals surface area contributed by atoms with Crippen molar-refractivity contribution in [3.05, 3.63) is 76.0 Å². The van der Waals surface area contributed by atoms with Crippen molar-refractivity contribution in [3.8, 4) is 5.95 Å². The van der Waals surface area contributed by atoms with E-state index < -0.39 is 5.95 Å². The van der Waals surface area contributed by atoms with E-state index in [9.17, 15) is 14.0 Å². The van der Waals surface area contributed by atoms with E-state index in [4.69, 9.17) is 0 Å². The number of aromatic amines is 1. The number of aromatic nitrogens is 6. The molecule has 0 aromatic carbocycles. The number of pyridine rings is 1. The number of hydrogen-bond donors (Lipinski definition) is 1. The second-order valence-electron chi connectivity index (χ2n) is 6.96. The highest BCUT2D eigenvalue weighted by atomic mass is 19.1. The average Bonchev–Trinajstić information content (AvgIpc) is 3.27. The molecule has 0 bridgehead atoms. The fourth-order valence-corrected chi connectivity index (χ4v) is 3.51. The number of amides is 1. The van der Waals surface area contributed by atoms with Crippen LogP contribution in [0.5, 0.6) is 0 Å². The molecule has 5 rings (SSSR count). The first-order valence-electron chi connectivity index (χ1n) is 9.05. The summed E-state index contributed by atoms with van der Waals surface area (Å²) in [6.07, 6.45) is 3.13. The van der Waals surface area contributed by atoms with Crippen molar-refractivity contribution in [1.29, 1.82) is 0 Å². The van der Waals surface area contributed by atoms with Crippen LogP contribution in [0.15, 0.2) is 47.5 Å². The normalized spacial score (nSPS) is 14.3. The zero-order chi connectivity index (χ0) is 20.1. The lowest BCUT2D eigenvalue weighted by atomic mass is 9.95. The van der Waals surface area contributed by atoms with Gasteiger partial charge in [-0.25, -0.2) is 14.2 Å². The van der Waals surface area contributed by atoms with Gasteiger partial charge in [0.2, 0.25) is 11.9 Å². The van der Waals surface area contributed by atoms with Gasteiger partial charge in [0.15, 0.2) is 0 Å². The number of H-pyrrole nitrogens is 1. The third-order valence-corrected chi connectivity index (χ3v) is 5.15. The molecule has 9 nitrogen and oxygen atoms in total. The number of carbonyl (C=O) groups is 1. The highest BCUT2D eigenvalue weighted by Gasteiger charge is 2.34. The Hall–Kier alpha value is -3.82. The summed E-state index contributed by atoms with van der Waals surface area (Å²) in [4.78, 5) is 33.3. The van der Waals surface area contributed by atoms with Crippen molar-refractivity contribution in [2.24, 2.45) is 0 Å². The zero-order valence-corrected chi connectivity index (χ0v) is 15.4. The average molecular weight is 393 g/mol. The molecule has 0 saturated carbocycles. The number of hydrogen-bond acceptors (Lipinski definition) is 5.